The first-order valence-electron chi connectivity index (χ1n) is 4.90. The second-order valence-electron chi connectivity index (χ2n) is 3.74. The Bertz CT molecular complexity index is 563. The maximum atomic E-state index is 13.0. The van der Waals surface area contributed by atoms with Gasteiger partial charge in [-0.1, -0.05) is 0 Å². The van der Waals surface area contributed by atoms with Crippen LogP contribution < -0.4 is 5.32 Å². The fourth-order valence-electron chi connectivity index (χ4n) is 1.73. The van der Waals surface area contributed by atoms with Crippen LogP contribution in [0, 0.1) is 5.82 Å². The van der Waals surface area contributed by atoms with E-state index in [0.717, 1.165) is 6.07 Å². The molecule has 1 aromatic rings. The van der Waals surface area contributed by atoms with E-state index in [1.54, 1.807) is 14.0 Å². The van der Waals surface area contributed by atoms with Crippen LogP contribution in [0.1, 0.15) is 12.5 Å². The Hall–Kier alpha value is -1.20. The zero-order valence-electron chi connectivity index (χ0n) is 8.99. The molecule has 0 radical (unpaired) electrons. The van der Waals surface area contributed by atoms with Crippen molar-refractivity contribution in [3.05, 3.63) is 34.5 Å². The summed E-state index contributed by atoms with van der Waals surface area (Å²) in [4.78, 5) is 0.474. The molecule has 0 aliphatic carbocycles. The molecule has 0 spiro atoms. The summed E-state index contributed by atoms with van der Waals surface area (Å²) in [6.45, 7) is 1.76. The van der Waals surface area contributed by atoms with Crippen molar-refractivity contribution in [3.8, 4) is 0 Å². The molecule has 86 valence electrons. The van der Waals surface area contributed by atoms with Gasteiger partial charge in [0.1, 0.15) is 5.82 Å². The van der Waals surface area contributed by atoms with Gasteiger partial charge in [0.15, 0.2) is 0 Å². The SMILES string of the molecule is CNC(C)C1=Cc2cc(F)ccc2S1(=O)=O. The molecule has 2 rings (SSSR count). The van der Waals surface area contributed by atoms with Gasteiger partial charge in [-0.2, -0.15) is 0 Å². The predicted octanol–water partition coefficient (Wildman–Crippen LogP) is 1.56. The van der Waals surface area contributed by atoms with Crippen molar-refractivity contribution in [2.24, 2.45) is 0 Å². The first-order valence-corrected chi connectivity index (χ1v) is 6.38. The molecule has 0 saturated heterocycles. The summed E-state index contributed by atoms with van der Waals surface area (Å²) in [5, 5.41) is 2.87. The van der Waals surface area contributed by atoms with Crippen LogP contribution in [-0.4, -0.2) is 21.5 Å². The van der Waals surface area contributed by atoms with E-state index in [2.05, 4.69) is 5.32 Å². The van der Waals surface area contributed by atoms with Gasteiger partial charge in [-0.25, -0.2) is 12.8 Å². The van der Waals surface area contributed by atoms with Crippen LogP contribution in [0.2, 0.25) is 0 Å². The van der Waals surface area contributed by atoms with Crippen molar-refractivity contribution in [1.82, 2.24) is 5.32 Å². The van der Waals surface area contributed by atoms with E-state index in [1.807, 2.05) is 0 Å². The number of rotatable bonds is 2. The van der Waals surface area contributed by atoms with E-state index in [-0.39, 0.29) is 15.8 Å². The number of nitrogens with one attached hydrogen (secondary N) is 1. The summed E-state index contributed by atoms with van der Waals surface area (Å²) in [5.41, 5.74) is 0.428. The number of sulfone groups is 1. The number of hydrogen-bond acceptors (Lipinski definition) is 3. The number of fused-ring (bicyclic) bond motifs is 1. The minimum Gasteiger partial charge on any atom is -0.313 e. The Kier molecular flexibility index (Phi) is 2.59. The Labute approximate surface area is 93.9 Å². The Balaban J connectivity index is 2.61. The Morgan fingerprint density at radius 1 is 1.38 bits per heavy atom. The van der Waals surface area contributed by atoms with Crippen molar-refractivity contribution in [1.29, 1.82) is 0 Å². The molecule has 1 aliphatic rings. The van der Waals surface area contributed by atoms with Crippen molar-refractivity contribution in [2.45, 2.75) is 17.9 Å². The monoisotopic (exact) mass is 241 g/mol. The second-order valence-corrected chi connectivity index (χ2v) is 5.66. The lowest BCUT2D eigenvalue weighted by atomic mass is 10.2. The van der Waals surface area contributed by atoms with Crippen LogP contribution in [-0.2, 0) is 9.84 Å². The average Bonchev–Trinajstić information content (AvgIpc) is 2.49. The molecule has 0 fully saturated rings. The van der Waals surface area contributed by atoms with Crippen molar-refractivity contribution >= 4 is 15.9 Å². The number of benzene rings is 1. The quantitative estimate of drug-likeness (QED) is 0.799. The van der Waals surface area contributed by atoms with E-state index < -0.39 is 15.7 Å². The Morgan fingerprint density at radius 2 is 2.06 bits per heavy atom. The highest BCUT2D eigenvalue weighted by atomic mass is 32.2. The second kappa shape index (κ2) is 3.68. The highest BCUT2D eigenvalue weighted by Crippen LogP contribution is 2.34. The fraction of sp³-hybridized carbons (Fsp3) is 0.273. The van der Waals surface area contributed by atoms with Gasteiger partial charge in [-0.05, 0) is 43.8 Å². The van der Waals surface area contributed by atoms with E-state index >= 15 is 0 Å². The molecule has 1 aromatic carbocycles. The molecule has 1 unspecified atom stereocenters. The van der Waals surface area contributed by atoms with Gasteiger partial charge >= 0.3 is 0 Å². The third kappa shape index (κ3) is 1.56. The lowest BCUT2D eigenvalue weighted by Gasteiger charge is -2.11. The zero-order valence-corrected chi connectivity index (χ0v) is 9.81. The molecule has 0 aromatic heterocycles. The molecule has 0 bridgehead atoms. The smallest absolute Gasteiger partial charge is 0.204 e. The standard InChI is InChI=1S/C11H12FNO2S/c1-7(13-2)11-6-8-5-9(12)3-4-10(8)16(11,14)15/h3-7,13H,1-2H3. The van der Waals surface area contributed by atoms with Gasteiger partial charge in [0, 0.05) is 6.04 Å². The predicted molar refractivity (Wildman–Crippen MR) is 60.1 cm³/mol. The summed E-state index contributed by atoms with van der Waals surface area (Å²) in [6, 6.07) is 3.44. The van der Waals surface area contributed by atoms with Gasteiger partial charge < -0.3 is 5.32 Å². The summed E-state index contributed by atoms with van der Waals surface area (Å²) < 4.78 is 37.1. The lowest BCUT2D eigenvalue weighted by molar-refractivity contribution is 0.594. The molecule has 5 heteroatoms. The third-order valence-corrected chi connectivity index (χ3v) is 4.77. The maximum absolute atomic E-state index is 13.0. The van der Waals surface area contributed by atoms with Gasteiger partial charge in [-0.3, -0.25) is 0 Å². The van der Waals surface area contributed by atoms with Crippen LogP contribution in [0.3, 0.4) is 0 Å². The number of hydrogen-bond donors (Lipinski definition) is 1. The van der Waals surface area contributed by atoms with Crippen molar-refractivity contribution in [3.63, 3.8) is 0 Å². The zero-order chi connectivity index (χ0) is 11.9. The van der Waals surface area contributed by atoms with Gasteiger partial charge in [0.2, 0.25) is 9.84 Å². The molecule has 3 nitrogen and oxygen atoms in total. The average molecular weight is 241 g/mol. The van der Waals surface area contributed by atoms with Crippen LogP contribution in [0.5, 0.6) is 0 Å². The summed E-state index contributed by atoms with van der Waals surface area (Å²) in [6.07, 6.45) is 1.52. The highest BCUT2D eigenvalue weighted by molar-refractivity contribution is 7.96. The molecular weight excluding hydrogens is 229 g/mol. The van der Waals surface area contributed by atoms with E-state index in [0.29, 0.717) is 5.56 Å². The highest BCUT2D eigenvalue weighted by Gasteiger charge is 2.32. The first kappa shape index (κ1) is 11.3. The number of likely N-dealkylation sites (N-methyl/N-ethyl adjacent to an activating group) is 1. The minimum atomic E-state index is -3.44. The molecular formula is C11H12FNO2S. The fourth-order valence-corrected chi connectivity index (χ4v) is 3.53. The minimum absolute atomic E-state index is 0.186. The summed E-state index contributed by atoms with van der Waals surface area (Å²) in [7, 11) is -1.76. The van der Waals surface area contributed by atoms with Crippen LogP contribution in [0.4, 0.5) is 4.39 Å². The maximum Gasteiger partial charge on any atom is 0.204 e. The third-order valence-electron chi connectivity index (χ3n) is 2.73. The van der Waals surface area contributed by atoms with Crippen LogP contribution in [0.15, 0.2) is 28.0 Å². The van der Waals surface area contributed by atoms with Gasteiger partial charge in [0.05, 0.1) is 9.80 Å². The normalized spacial score (nSPS) is 19.1. The van der Waals surface area contributed by atoms with Gasteiger partial charge in [0.25, 0.3) is 0 Å². The molecule has 1 heterocycles. The Morgan fingerprint density at radius 3 is 2.69 bits per heavy atom. The van der Waals surface area contributed by atoms with E-state index in [1.165, 1.54) is 18.2 Å². The van der Waals surface area contributed by atoms with Crippen molar-refractivity contribution in [2.75, 3.05) is 7.05 Å². The molecule has 0 amide bonds. The van der Waals surface area contributed by atoms with Crippen LogP contribution in [0.25, 0.3) is 6.08 Å². The van der Waals surface area contributed by atoms with E-state index in [9.17, 15) is 12.8 Å². The largest absolute Gasteiger partial charge is 0.313 e. The van der Waals surface area contributed by atoms with Crippen molar-refractivity contribution < 1.29 is 12.8 Å². The summed E-state index contributed by atoms with van der Waals surface area (Å²) in [5.74, 6) is -0.427. The molecule has 0 saturated carbocycles. The lowest BCUT2D eigenvalue weighted by Crippen LogP contribution is -2.26. The molecule has 1 N–H and O–H groups in total. The molecule has 1 atom stereocenters. The number of halogens is 1. The van der Waals surface area contributed by atoms with E-state index in [4.69, 9.17) is 0 Å². The topological polar surface area (TPSA) is 46.2 Å². The molecule has 1 aliphatic heterocycles. The first-order chi connectivity index (χ1) is 7.46. The summed E-state index contributed by atoms with van der Waals surface area (Å²) >= 11 is 0. The molecule has 16 heavy (non-hydrogen) atoms. The van der Waals surface area contributed by atoms with Gasteiger partial charge in [-0.15, -0.1) is 0 Å². The van der Waals surface area contributed by atoms with Crippen LogP contribution >= 0.6 is 0 Å².